The molecule has 0 saturated carbocycles. The summed E-state index contributed by atoms with van der Waals surface area (Å²) in [4.78, 5) is 10.4. The van der Waals surface area contributed by atoms with Gasteiger partial charge in [0.1, 0.15) is 5.82 Å². The summed E-state index contributed by atoms with van der Waals surface area (Å²) in [5.41, 5.74) is -0.565. The summed E-state index contributed by atoms with van der Waals surface area (Å²) < 4.78 is 32.5. The number of halogens is 1. The maximum absolute atomic E-state index is 13.1. The average molecular weight is 218 g/mol. The van der Waals surface area contributed by atoms with Crippen molar-refractivity contribution in [2.75, 3.05) is 0 Å². The molecule has 6 heteroatoms. The number of aryl methyl sites for hydroxylation is 1. The summed E-state index contributed by atoms with van der Waals surface area (Å²) in [5, 5.41) is 8.58. The molecule has 0 aromatic heterocycles. The van der Waals surface area contributed by atoms with E-state index < -0.39 is 28.4 Å². The van der Waals surface area contributed by atoms with Crippen molar-refractivity contribution in [2.24, 2.45) is 0 Å². The Morgan fingerprint density at radius 1 is 1.50 bits per heavy atom. The molecule has 1 atom stereocenters. The van der Waals surface area contributed by atoms with E-state index in [0.29, 0.717) is 0 Å². The molecule has 4 nitrogen and oxygen atoms in total. The van der Waals surface area contributed by atoms with Crippen molar-refractivity contribution in [3.05, 3.63) is 29.1 Å². The highest BCUT2D eigenvalue weighted by Crippen LogP contribution is 2.17. The highest BCUT2D eigenvalue weighted by Gasteiger charge is 2.15. The molecule has 0 aliphatic rings. The van der Waals surface area contributed by atoms with E-state index in [1.54, 1.807) is 0 Å². The Bertz CT molecular complexity index is 416. The van der Waals surface area contributed by atoms with Crippen LogP contribution in [0.3, 0.4) is 0 Å². The average Bonchev–Trinajstić information content (AvgIpc) is 2.08. The first kappa shape index (κ1) is 10.8. The first-order chi connectivity index (χ1) is 6.43. The van der Waals surface area contributed by atoms with Gasteiger partial charge in [-0.15, -0.1) is 0 Å². The largest absolute Gasteiger partial charge is 0.478 e. The second-order valence-electron chi connectivity index (χ2n) is 2.66. The second kappa shape index (κ2) is 3.85. The predicted molar refractivity (Wildman–Crippen MR) is 47.1 cm³/mol. The monoisotopic (exact) mass is 218 g/mol. The Morgan fingerprint density at radius 3 is 2.50 bits per heavy atom. The Hall–Kier alpha value is -1.27. The fourth-order valence-corrected chi connectivity index (χ4v) is 1.49. The third-order valence-corrected chi connectivity index (χ3v) is 2.30. The molecule has 0 radical (unpaired) electrons. The number of hydrogen-bond donors (Lipinski definition) is 2. The van der Waals surface area contributed by atoms with Crippen LogP contribution in [0.15, 0.2) is 17.0 Å². The number of hydrogen-bond acceptors (Lipinski definition) is 2. The van der Waals surface area contributed by atoms with Crippen molar-refractivity contribution >= 4 is 17.0 Å². The zero-order valence-corrected chi connectivity index (χ0v) is 7.97. The molecule has 0 heterocycles. The van der Waals surface area contributed by atoms with Crippen LogP contribution < -0.4 is 0 Å². The van der Waals surface area contributed by atoms with E-state index in [1.165, 1.54) is 6.92 Å². The lowest BCUT2D eigenvalue weighted by Gasteiger charge is -2.03. The van der Waals surface area contributed by atoms with Crippen molar-refractivity contribution in [3.8, 4) is 0 Å². The molecule has 0 aliphatic carbocycles. The third kappa shape index (κ3) is 1.97. The minimum atomic E-state index is -2.30. The van der Waals surface area contributed by atoms with Crippen LogP contribution in [0.4, 0.5) is 4.39 Å². The van der Waals surface area contributed by atoms with Crippen LogP contribution in [0.25, 0.3) is 0 Å². The zero-order valence-electron chi connectivity index (χ0n) is 7.15. The normalized spacial score (nSPS) is 12.5. The Balaban J connectivity index is 3.43. The molecule has 76 valence electrons. The Morgan fingerprint density at radius 2 is 2.07 bits per heavy atom. The van der Waals surface area contributed by atoms with Gasteiger partial charge in [0.25, 0.3) is 0 Å². The van der Waals surface area contributed by atoms with Gasteiger partial charge in [0.15, 0.2) is 11.1 Å². The van der Waals surface area contributed by atoms with E-state index >= 15 is 0 Å². The molecule has 0 amide bonds. The van der Waals surface area contributed by atoms with E-state index in [1.807, 2.05) is 0 Å². The first-order valence-corrected chi connectivity index (χ1v) is 4.68. The molecular formula is C8H7FO4S. The third-order valence-electron chi connectivity index (χ3n) is 1.66. The molecule has 1 rings (SSSR count). The number of benzene rings is 1. The van der Waals surface area contributed by atoms with Gasteiger partial charge >= 0.3 is 5.97 Å². The van der Waals surface area contributed by atoms with E-state index in [4.69, 9.17) is 9.66 Å². The molecule has 0 aliphatic heterocycles. The van der Waals surface area contributed by atoms with Crippen molar-refractivity contribution < 1.29 is 23.1 Å². The maximum Gasteiger partial charge on any atom is 0.338 e. The van der Waals surface area contributed by atoms with Gasteiger partial charge in [-0.2, -0.15) is 0 Å². The van der Waals surface area contributed by atoms with Crippen LogP contribution in [-0.4, -0.2) is 19.8 Å². The topological polar surface area (TPSA) is 74.6 Å². The lowest BCUT2D eigenvalue weighted by Crippen LogP contribution is -2.04. The van der Waals surface area contributed by atoms with Gasteiger partial charge in [0, 0.05) is 0 Å². The maximum atomic E-state index is 13.1. The standard InChI is InChI=1S/C8H7FO4S/c1-4-2-5(14(12)13)3-6(7(4)9)8(10)11/h2-3H,1H3,(H,10,11)(H,12,13). The van der Waals surface area contributed by atoms with Gasteiger partial charge in [0.05, 0.1) is 10.5 Å². The summed E-state index contributed by atoms with van der Waals surface area (Å²) in [6.07, 6.45) is 0. The van der Waals surface area contributed by atoms with Gasteiger partial charge in [-0.3, -0.25) is 0 Å². The fourth-order valence-electron chi connectivity index (χ4n) is 0.993. The summed E-state index contributed by atoms with van der Waals surface area (Å²) in [5.74, 6) is -2.34. The number of rotatable bonds is 2. The van der Waals surface area contributed by atoms with Gasteiger partial charge in [-0.25, -0.2) is 13.4 Å². The first-order valence-electron chi connectivity index (χ1n) is 3.57. The molecule has 0 spiro atoms. The number of carboxylic acids is 1. The minimum absolute atomic E-state index is 0.0299. The van der Waals surface area contributed by atoms with Crippen LogP contribution in [-0.2, 0) is 11.1 Å². The van der Waals surface area contributed by atoms with E-state index in [9.17, 15) is 13.4 Å². The summed E-state index contributed by atoms with van der Waals surface area (Å²) in [6, 6.07) is 1.98. The molecule has 0 fully saturated rings. The summed E-state index contributed by atoms with van der Waals surface area (Å²) in [6.45, 7) is 1.33. The van der Waals surface area contributed by atoms with E-state index in [2.05, 4.69) is 0 Å². The van der Waals surface area contributed by atoms with Gasteiger partial charge in [0.2, 0.25) is 0 Å². The minimum Gasteiger partial charge on any atom is -0.478 e. The smallest absolute Gasteiger partial charge is 0.338 e. The molecule has 0 saturated heterocycles. The fraction of sp³-hybridized carbons (Fsp3) is 0.125. The van der Waals surface area contributed by atoms with Crippen molar-refractivity contribution in [2.45, 2.75) is 11.8 Å². The number of carboxylic acid groups (broad SMARTS) is 1. The quantitative estimate of drug-likeness (QED) is 0.736. The molecule has 0 bridgehead atoms. The second-order valence-corrected chi connectivity index (χ2v) is 3.63. The zero-order chi connectivity index (χ0) is 10.9. The number of aromatic carboxylic acids is 1. The Kier molecular flexibility index (Phi) is 2.97. The van der Waals surface area contributed by atoms with Crippen LogP contribution in [0.1, 0.15) is 15.9 Å². The lowest BCUT2D eigenvalue weighted by atomic mass is 10.1. The lowest BCUT2D eigenvalue weighted by molar-refractivity contribution is 0.0691. The molecular weight excluding hydrogens is 211 g/mol. The SMILES string of the molecule is Cc1cc(S(=O)O)cc(C(=O)O)c1F. The summed E-state index contributed by atoms with van der Waals surface area (Å²) in [7, 11) is 0. The van der Waals surface area contributed by atoms with Crippen LogP contribution in [0, 0.1) is 12.7 Å². The van der Waals surface area contributed by atoms with Crippen molar-refractivity contribution in [1.82, 2.24) is 0 Å². The summed E-state index contributed by atoms with van der Waals surface area (Å²) >= 11 is -2.30. The van der Waals surface area contributed by atoms with E-state index in [0.717, 1.165) is 12.1 Å². The predicted octanol–water partition coefficient (Wildman–Crippen LogP) is 1.41. The van der Waals surface area contributed by atoms with Crippen molar-refractivity contribution in [1.29, 1.82) is 0 Å². The molecule has 1 aromatic rings. The number of carbonyl (C=O) groups is 1. The van der Waals surface area contributed by atoms with Gasteiger partial charge in [-0.1, -0.05) is 0 Å². The molecule has 2 N–H and O–H groups in total. The Labute approximate surface area is 81.7 Å². The van der Waals surface area contributed by atoms with Crippen LogP contribution >= 0.6 is 0 Å². The van der Waals surface area contributed by atoms with Gasteiger partial charge < -0.3 is 9.66 Å². The molecule has 1 aromatic carbocycles. The highest BCUT2D eigenvalue weighted by atomic mass is 32.2. The van der Waals surface area contributed by atoms with E-state index in [-0.39, 0.29) is 10.5 Å². The van der Waals surface area contributed by atoms with Crippen LogP contribution in [0.2, 0.25) is 0 Å². The van der Waals surface area contributed by atoms with Crippen molar-refractivity contribution in [3.63, 3.8) is 0 Å². The highest BCUT2D eigenvalue weighted by molar-refractivity contribution is 7.79. The molecule has 14 heavy (non-hydrogen) atoms. The van der Waals surface area contributed by atoms with Gasteiger partial charge in [-0.05, 0) is 24.6 Å². The van der Waals surface area contributed by atoms with Crippen LogP contribution in [0.5, 0.6) is 0 Å². The molecule has 1 unspecified atom stereocenters.